The Balaban J connectivity index is 2.29. The van der Waals surface area contributed by atoms with Crippen molar-refractivity contribution in [2.45, 2.75) is 13.0 Å². The number of aliphatic imine (C=N–C) groups is 1. The van der Waals surface area contributed by atoms with Crippen molar-refractivity contribution in [3.05, 3.63) is 29.6 Å². The minimum absolute atomic E-state index is 0.279. The van der Waals surface area contributed by atoms with Crippen molar-refractivity contribution in [3.63, 3.8) is 0 Å². The monoisotopic (exact) mass is 208 g/mol. The summed E-state index contributed by atoms with van der Waals surface area (Å²) in [5.41, 5.74) is 0.500. The number of nitrogens with one attached hydrogen (secondary N) is 1. The predicted molar refractivity (Wildman–Crippen MR) is 57.0 cm³/mol. The molecule has 1 atom stereocenters. The van der Waals surface area contributed by atoms with Crippen molar-refractivity contribution in [3.8, 4) is 5.75 Å². The Bertz CT molecular complexity index is 404. The third kappa shape index (κ3) is 1.93. The summed E-state index contributed by atoms with van der Waals surface area (Å²) in [4.78, 5) is 4.23. The third-order valence-corrected chi connectivity index (χ3v) is 2.34. The number of nitrogens with zero attached hydrogens (tertiary/aromatic N) is 1. The molecule has 4 heteroatoms. The average Bonchev–Trinajstić information content (AvgIpc) is 2.64. The molecule has 0 fully saturated rings. The zero-order chi connectivity index (χ0) is 10.8. The zero-order valence-corrected chi connectivity index (χ0v) is 8.75. The van der Waals surface area contributed by atoms with Crippen LogP contribution in [0.5, 0.6) is 5.75 Å². The molecular formula is C11H13FN2O. The van der Waals surface area contributed by atoms with Crippen LogP contribution in [0.3, 0.4) is 0 Å². The van der Waals surface area contributed by atoms with E-state index in [4.69, 9.17) is 4.74 Å². The summed E-state index contributed by atoms with van der Waals surface area (Å²) in [6, 6.07) is 5.05. The number of methoxy groups -OCH3 is 1. The number of hydrogen-bond acceptors (Lipinski definition) is 3. The summed E-state index contributed by atoms with van der Waals surface area (Å²) in [7, 11) is 1.52. The van der Waals surface area contributed by atoms with Gasteiger partial charge in [-0.2, -0.15) is 0 Å². The number of rotatable bonds is 2. The van der Waals surface area contributed by atoms with E-state index in [1.165, 1.54) is 13.2 Å². The lowest BCUT2D eigenvalue weighted by atomic mass is 10.2. The van der Waals surface area contributed by atoms with Crippen molar-refractivity contribution in [1.29, 1.82) is 0 Å². The van der Waals surface area contributed by atoms with Gasteiger partial charge in [0.25, 0.3) is 0 Å². The molecule has 1 unspecified atom stereocenters. The van der Waals surface area contributed by atoms with Gasteiger partial charge < -0.3 is 10.1 Å². The number of hydrogen-bond donors (Lipinski definition) is 1. The molecular weight excluding hydrogens is 195 g/mol. The van der Waals surface area contributed by atoms with E-state index < -0.39 is 0 Å². The van der Waals surface area contributed by atoms with Crippen LogP contribution in [0.2, 0.25) is 0 Å². The highest BCUT2D eigenvalue weighted by Gasteiger charge is 2.17. The van der Waals surface area contributed by atoms with Crippen molar-refractivity contribution >= 4 is 5.84 Å². The molecule has 1 aliphatic rings. The second kappa shape index (κ2) is 3.88. The molecule has 1 N–H and O–H groups in total. The van der Waals surface area contributed by atoms with E-state index in [0.29, 0.717) is 23.7 Å². The first kappa shape index (κ1) is 9.96. The van der Waals surface area contributed by atoms with Crippen molar-refractivity contribution in [1.82, 2.24) is 5.32 Å². The molecule has 2 rings (SSSR count). The minimum atomic E-state index is -0.310. The molecule has 0 saturated heterocycles. The third-order valence-electron chi connectivity index (χ3n) is 2.34. The van der Waals surface area contributed by atoms with Crippen LogP contribution in [0.25, 0.3) is 0 Å². The quantitative estimate of drug-likeness (QED) is 0.800. The van der Waals surface area contributed by atoms with Crippen molar-refractivity contribution < 1.29 is 9.13 Å². The van der Waals surface area contributed by atoms with Gasteiger partial charge in [0.05, 0.1) is 19.2 Å². The normalized spacial score (nSPS) is 19.7. The van der Waals surface area contributed by atoms with E-state index in [1.54, 1.807) is 12.1 Å². The molecule has 1 aromatic rings. The minimum Gasteiger partial charge on any atom is -0.497 e. The molecule has 80 valence electrons. The summed E-state index contributed by atoms with van der Waals surface area (Å²) in [5.74, 6) is 0.834. The van der Waals surface area contributed by atoms with Crippen molar-refractivity contribution in [2.24, 2.45) is 4.99 Å². The maximum atomic E-state index is 13.6. The molecule has 0 spiro atoms. The van der Waals surface area contributed by atoms with Crippen molar-refractivity contribution in [2.75, 3.05) is 13.7 Å². The van der Waals surface area contributed by atoms with E-state index in [1.807, 2.05) is 6.92 Å². The highest BCUT2D eigenvalue weighted by Crippen LogP contribution is 2.17. The van der Waals surface area contributed by atoms with Gasteiger partial charge in [-0.1, -0.05) is 0 Å². The van der Waals surface area contributed by atoms with Gasteiger partial charge in [0, 0.05) is 12.1 Å². The van der Waals surface area contributed by atoms with E-state index in [2.05, 4.69) is 10.3 Å². The molecule has 3 nitrogen and oxygen atoms in total. The van der Waals surface area contributed by atoms with E-state index >= 15 is 0 Å². The number of benzene rings is 1. The van der Waals surface area contributed by atoms with Crippen LogP contribution in [0.4, 0.5) is 4.39 Å². The lowest BCUT2D eigenvalue weighted by Crippen LogP contribution is -2.28. The Morgan fingerprint density at radius 1 is 1.53 bits per heavy atom. The topological polar surface area (TPSA) is 33.6 Å². The smallest absolute Gasteiger partial charge is 0.137 e. The van der Waals surface area contributed by atoms with E-state index in [-0.39, 0.29) is 11.9 Å². The van der Waals surface area contributed by atoms with Crippen LogP contribution in [0, 0.1) is 5.82 Å². The first-order valence-electron chi connectivity index (χ1n) is 4.85. The van der Waals surface area contributed by atoms with Gasteiger partial charge in [0.2, 0.25) is 0 Å². The molecule has 1 aliphatic heterocycles. The first-order chi connectivity index (χ1) is 7.20. The van der Waals surface area contributed by atoms with Crippen LogP contribution in [0.15, 0.2) is 23.2 Å². The second-order valence-corrected chi connectivity index (χ2v) is 3.58. The number of amidine groups is 1. The van der Waals surface area contributed by atoms with E-state index in [9.17, 15) is 4.39 Å². The van der Waals surface area contributed by atoms with Gasteiger partial charge in [0.15, 0.2) is 0 Å². The summed E-state index contributed by atoms with van der Waals surface area (Å²) in [6.07, 6.45) is 0. The molecule has 0 amide bonds. The highest BCUT2D eigenvalue weighted by atomic mass is 19.1. The molecule has 0 aliphatic carbocycles. The fraction of sp³-hybridized carbons (Fsp3) is 0.364. The largest absolute Gasteiger partial charge is 0.497 e. The Hall–Kier alpha value is -1.58. The molecule has 15 heavy (non-hydrogen) atoms. The van der Waals surface area contributed by atoms with E-state index in [0.717, 1.165) is 0 Å². The molecule has 0 bridgehead atoms. The molecule has 0 saturated carbocycles. The van der Waals surface area contributed by atoms with Crippen LogP contribution in [-0.2, 0) is 0 Å². The Morgan fingerprint density at radius 3 is 2.87 bits per heavy atom. The van der Waals surface area contributed by atoms with Gasteiger partial charge in [-0.25, -0.2) is 4.39 Å². The van der Waals surface area contributed by atoms with Gasteiger partial charge >= 0.3 is 0 Å². The van der Waals surface area contributed by atoms with Crippen LogP contribution < -0.4 is 10.1 Å². The summed E-state index contributed by atoms with van der Waals surface area (Å²) >= 11 is 0. The van der Waals surface area contributed by atoms with Crippen LogP contribution in [0.1, 0.15) is 12.5 Å². The summed E-state index contributed by atoms with van der Waals surface area (Å²) < 4.78 is 18.5. The Labute approximate surface area is 88.0 Å². The zero-order valence-electron chi connectivity index (χ0n) is 8.75. The Kier molecular flexibility index (Phi) is 2.58. The predicted octanol–water partition coefficient (Wildman–Crippen LogP) is 1.57. The first-order valence-corrected chi connectivity index (χ1v) is 4.85. The lowest BCUT2D eigenvalue weighted by Gasteiger charge is -2.08. The van der Waals surface area contributed by atoms with Gasteiger partial charge in [-0.3, -0.25) is 4.99 Å². The second-order valence-electron chi connectivity index (χ2n) is 3.58. The number of ether oxygens (including phenoxy) is 1. The summed E-state index contributed by atoms with van der Waals surface area (Å²) in [5, 5.41) is 3.12. The fourth-order valence-electron chi connectivity index (χ4n) is 1.53. The fourth-order valence-corrected chi connectivity index (χ4v) is 1.53. The standard InChI is InChI=1S/C11H13FN2O/c1-7-6-13-11(14-7)9-4-3-8(15-2)5-10(9)12/h3-5,7H,6H2,1-2H3,(H,13,14). The SMILES string of the molecule is COc1ccc(C2=NCC(C)N2)c(F)c1. The van der Waals surface area contributed by atoms with Crippen LogP contribution in [-0.4, -0.2) is 25.5 Å². The van der Waals surface area contributed by atoms with Gasteiger partial charge in [-0.15, -0.1) is 0 Å². The Morgan fingerprint density at radius 2 is 2.33 bits per heavy atom. The average molecular weight is 208 g/mol. The molecule has 0 aromatic heterocycles. The lowest BCUT2D eigenvalue weighted by molar-refractivity contribution is 0.411. The van der Waals surface area contributed by atoms with Gasteiger partial charge in [0.1, 0.15) is 17.4 Å². The van der Waals surface area contributed by atoms with Gasteiger partial charge in [-0.05, 0) is 19.1 Å². The number of halogens is 1. The molecule has 0 radical (unpaired) electrons. The maximum Gasteiger partial charge on any atom is 0.137 e. The van der Waals surface area contributed by atoms with Crippen LogP contribution >= 0.6 is 0 Å². The molecule has 1 heterocycles. The highest BCUT2D eigenvalue weighted by molar-refractivity contribution is 6.00. The maximum absolute atomic E-state index is 13.6. The summed E-state index contributed by atoms with van der Waals surface area (Å²) in [6.45, 7) is 2.71. The molecule has 1 aromatic carbocycles.